The molecule has 1 fully saturated rings. The van der Waals surface area contributed by atoms with E-state index in [1.165, 1.54) is 36.3 Å². The highest BCUT2D eigenvalue weighted by Crippen LogP contribution is 2.27. The standard InChI is InChI=1S/C23H27N7O2S/c1-17(29-11-4-3-5-12-29)18-9-10-24-22(13-18)30-16-20(15-26-30)33(31,32)27-21-8-6-7-19-14-25-28(2)23(19)21/h6-10,13-17,27H,3-5,11-12H2,1-2H3/t17-/m1/s1. The molecule has 0 radical (unpaired) electrons. The number of nitrogens with one attached hydrogen (secondary N) is 1. The van der Waals surface area contributed by atoms with Gasteiger partial charge in [-0.1, -0.05) is 18.6 Å². The molecule has 1 N–H and O–H groups in total. The van der Waals surface area contributed by atoms with E-state index in [1.807, 2.05) is 18.2 Å². The van der Waals surface area contributed by atoms with Gasteiger partial charge >= 0.3 is 0 Å². The van der Waals surface area contributed by atoms with Crippen molar-refractivity contribution in [2.24, 2.45) is 7.05 Å². The summed E-state index contributed by atoms with van der Waals surface area (Å²) >= 11 is 0. The van der Waals surface area contributed by atoms with Crippen molar-refractivity contribution in [3.05, 3.63) is 60.7 Å². The number of rotatable bonds is 6. The lowest BCUT2D eigenvalue weighted by molar-refractivity contribution is 0.175. The number of anilines is 1. The van der Waals surface area contributed by atoms with Crippen LogP contribution in [0.3, 0.4) is 0 Å². The molecule has 1 aromatic carbocycles. The van der Waals surface area contributed by atoms with Gasteiger partial charge in [-0.2, -0.15) is 10.2 Å². The minimum absolute atomic E-state index is 0.0675. The lowest BCUT2D eigenvalue weighted by Crippen LogP contribution is -2.32. The molecule has 5 rings (SSSR count). The highest BCUT2D eigenvalue weighted by Gasteiger charge is 2.21. The molecular formula is C23H27N7O2S. The maximum absolute atomic E-state index is 13.1. The third-order valence-electron chi connectivity index (χ3n) is 6.30. The molecule has 9 nitrogen and oxygen atoms in total. The van der Waals surface area contributed by atoms with E-state index in [0.29, 0.717) is 11.5 Å². The normalized spacial score (nSPS) is 16.2. The van der Waals surface area contributed by atoms with Crippen LogP contribution in [0.4, 0.5) is 5.69 Å². The van der Waals surface area contributed by atoms with E-state index in [2.05, 4.69) is 31.7 Å². The summed E-state index contributed by atoms with van der Waals surface area (Å²) in [6.07, 6.45) is 10.0. The number of likely N-dealkylation sites (tertiary alicyclic amines) is 1. The highest BCUT2D eigenvalue weighted by atomic mass is 32.2. The van der Waals surface area contributed by atoms with Crippen LogP contribution in [0.25, 0.3) is 16.7 Å². The van der Waals surface area contributed by atoms with E-state index in [9.17, 15) is 8.42 Å². The molecule has 0 unspecified atom stereocenters. The molecule has 0 aliphatic carbocycles. The van der Waals surface area contributed by atoms with Gasteiger partial charge in [-0.25, -0.2) is 18.1 Å². The number of pyridine rings is 1. The molecule has 172 valence electrons. The number of fused-ring (bicyclic) bond motifs is 1. The molecule has 0 saturated carbocycles. The number of nitrogens with zero attached hydrogens (tertiary/aromatic N) is 6. The third kappa shape index (κ3) is 4.23. The molecule has 1 aliphatic heterocycles. The maximum atomic E-state index is 13.1. The molecule has 0 amide bonds. The van der Waals surface area contributed by atoms with E-state index in [4.69, 9.17) is 0 Å². The van der Waals surface area contributed by atoms with Crippen molar-refractivity contribution in [1.29, 1.82) is 0 Å². The number of piperidine rings is 1. The van der Waals surface area contributed by atoms with Gasteiger partial charge in [-0.05, 0) is 56.6 Å². The Morgan fingerprint density at radius 1 is 1.06 bits per heavy atom. The number of hydrogen-bond donors (Lipinski definition) is 1. The second-order valence-electron chi connectivity index (χ2n) is 8.46. The van der Waals surface area contributed by atoms with E-state index in [0.717, 1.165) is 29.6 Å². The molecule has 3 aromatic heterocycles. The van der Waals surface area contributed by atoms with Gasteiger partial charge in [-0.3, -0.25) is 14.3 Å². The fourth-order valence-corrected chi connectivity index (χ4v) is 5.42. The summed E-state index contributed by atoms with van der Waals surface area (Å²) in [4.78, 5) is 6.96. The Balaban J connectivity index is 1.40. The first-order valence-electron chi connectivity index (χ1n) is 11.1. The van der Waals surface area contributed by atoms with Gasteiger partial charge < -0.3 is 0 Å². The second kappa shape index (κ2) is 8.60. The lowest BCUT2D eigenvalue weighted by Gasteiger charge is -2.32. The van der Waals surface area contributed by atoms with Crippen molar-refractivity contribution < 1.29 is 8.42 Å². The maximum Gasteiger partial charge on any atom is 0.265 e. The highest BCUT2D eigenvalue weighted by molar-refractivity contribution is 7.92. The Morgan fingerprint density at radius 2 is 1.88 bits per heavy atom. The van der Waals surface area contributed by atoms with E-state index >= 15 is 0 Å². The van der Waals surface area contributed by atoms with E-state index in [1.54, 1.807) is 36.3 Å². The van der Waals surface area contributed by atoms with Crippen LogP contribution in [0.1, 0.15) is 37.8 Å². The van der Waals surface area contributed by atoms with E-state index < -0.39 is 10.0 Å². The van der Waals surface area contributed by atoms with Gasteiger partial charge in [0.1, 0.15) is 4.90 Å². The summed E-state index contributed by atoms with van der Waals surface area (Å²) in [5, 5.41) is 9.35. The summed E-state index contributed by atoms with van der Waals surface area (Å²) in [6, 6.07) is 9.67. The topological polar surface area (TPSA) is 97.9 Å². The molecule has 10 heteroatoms. The molecule has 33 heavy (non-hydrogen) atoms. The summed E-state index contributed by atoms with van der Waals surface area (Å²) in [7, 11) is -2.06. The Labute approximate surface area is 193 Å². The number of benzene rings is 1. The zero-order valence-corrected chi connectivity index (χ0v) is 19.5. The van der Waals surface area contributed by atoms with Gasteiger partial charge in [0.05, 0.1) is 29.8 Å². The molecule has 4 aromatic rings. The average Bonchev–Trinajstić information content (AvgIpc) is 3.48. The lowest BCUT2D eigenvalue weighted by atomic mass is 10.0. The molecule has 1 atom stereocenters. The van der Waals surface area contributed by atoms with Crippen molar-refractivity contribution in [3.8, 4) is 5.82 Å². The van der Waals surface area contributed by atoms with Crippen molar-refractivity contribution >= 4 is 26.6 Å². The zero-order valence-electron chi connectivity index (χ0n) is 18.7. The van der Waals surface area contributed by atoms with E-state index in [-0.39, 0.29) is 10.9 Å². The Bertz CT molecular complexity index is 1390. The SMILES string of the molecule is C[C@H](c1ccnc(-n2cc(S(=O)(=O)Nc3cccc4cnn(C)c34)cn2)c1)N1CCCCC1. The quantitative estimate of drug-likeness (QED) is 0.468. The minimum Gasteiger partial charge on any atom is -0.297 e. The van der Waals surface area contributed by atoms with Gasteiger partial charge in [0.2, 0.25) is 0 Å². The summed E-state index contributed by atoms with van der Waals surface area (Å²) < 4.78 is 32.0. The zero-order chi connectivity index (χ0) is 23.0. The number of para-hydroxylation sites is 1. The average molecular weight is 466 g/mol. The fourth-order valence-electron chi connectivity index (χ4n) is 4.43. The molecule has 1 aliphatic rings. The number of hydrogen-bond acceptors (Lipinski definition) is 6. The van der Waals surface area contributed by atoms with Gasteiger partial charge in [0, 0.05) is 24.7 Å². The molecule has 1 saturated heterocycles. The first-order valence-corrected chi connectivity index (χ1v) is 12.6. The molecular weight excluding hydrogens is 438 g/mol. The summed E-state index contributed by atoms with van der Waals surface area (Å²) in [5.41, 5.74) is 2.33. The van der Waals surface area contributed by atoms with Crippen molar-refractivity contribution in [2.75, 3.05) is 17.8 Å². The van der Waals surface area contributed by atoms with Crippen LogP contribution >= 0.6 is 0 Å². The van der Waals surface area contributed by atoms with Crippen LogP contribution in [-0.4, -0.2) is 51.0 Å². The minimum atomic E-state index is -3.84. The van der Waals surface area contributed by atoms with Crippen molar-refractivity contribution in [1.82, 2.24) is 29.4 Å². The van der Waals surface area contributed by atoms with Crippen LogP contribution in [0, 0.1) is 0 Å². The summed E-state index contributed by atoms with van der Waals surface area (Å²) in [5.74, 6) is 0.589. The Hall–Kier alpha value is -3.24. The van der Waals surface area contributed by atoms with Crippen LogP contribution in [-0.2, 0) is 17.1 Å². The Morgan fingerprint density at radius 3 is 2.70 bits per heavy atom. The first kappa shape index (κ1) is 21.6. The molecule has 4 heterocycles. The third-order valence-corrected chi connectivity index (χ3v) is 7.62. The predicted molar refractivity (Wildman–Crippen MR) is 127 cm³/mol. The smallest absolute Gasteiger partial charge is 0.265 e. The first-order chi connectivity index (χ1) is 15.9. The van der Waals surface area contributed by atoms with Crippen LogP contribution in [0.5, 0.6) is 0 Å². The number of aryl methyl sites for hydroxylation is 1. The largest absolute Gasteiger partial charge is 0.297 e. The number of sulfonamides is 1. The monoisotopic (exact) mass is 465 g/mol. The molecule has 0 bridgehead atoms. The van der Waals surface area contributed by atoms with Crippen molar-refractivity contribution in [2.45, 2.75) is 37.1 Å². The van der Waals surface area contributed by atoms with Gasteiger partial charge in [-0.15, -0.1) is 0 Å². The summed E-state index contributed by atoms with van der Waals surface area (Å²) in [6.45, 7) is 4.39. The second-order valence-corrected chi connectivity index (χ2v) is 10.1. The molecule has 0 spiro atoms. The predicted octanol–water partition coefficient (Wildman–Crippen LogP) is 3.50. The Kier molecular flexibility index (Phi) is 5.63. The van der Waals surface area contributed by atoms with Gasteiger partial charge in [0.15, 0.2) is 5.82 Å². The van der Waals surface area contributed by atoms with Crippen LogP contribution in [0.15, 0.2) is 60.0 Å². The fraction of sp³-hybridized carbons (Fsp3) is 0.348. The van der Waals surface area contributed by atoms with Gasteiger partial charge in [0.25, 0.3) is 10.0 Å². The number of aromatic nitrogens is 5. The van der Waals surface area contributed by atoms with Crippen LogP contribution < -0.4 is 4.72 Å². The van der Waals surface area contributed by atoms with Crippen molar-refractivity contribution in [3.63, 3.8) is 0 Å². The van der Waals surface area contributed by atoms with Crippen LogP contribution in [0.2, 0.25) is 0 Å².